The second kappa shape index (κ2) is 16.7. The number of carbonyl (C=O) groups is 3. The van der Waals surface area contributed by atoms with Gasteiger partial charge in [-0.05, 0) is 77.8 Å². The Balaban J connectivity index is 1.54. The predicted molar refractivity (Wildman–Crippen MR) is 199 cm³/mol. The molecule has 0 aliphatic heterocycles. The van der Waals surface area contributed by atoms with Gasteiger partial charge in [0.15, 0.2) is 11.5 Å². The van der Waals surface area contributed by atoms with E-state index in [9.17, 15) is 19.2 Å². The van der Waals surface area contributed by atoms with Crippen molar-refractivity contribution in [3.8, 4) is 28.4 Å². The molecule has 0 fully saturated rings. The summed E-state index contributed by atoms with van der Waals surface area (Å²) in [5, 5.41) is 10.0. The quantitative estimate of drug-likeness (QED) is 0.134. The third-order valence-corrected chi connectivity index (χ3v) is 9.72. The van der Waals surface area contributed by atoms with Crippen molar-refractivity contribution in [3.63, 3.8) is 0 Å². The maximum Gasteiger partial charge on any atom is 0.328 e. The van der Waals surface area contributed by atoms with Crippen LogP contribution in [0.15, 0.2) is 59.5 Å². The molecule has 1 heterocycles. The van der Waals surface area contributed by atoms with E-state index in [0.29, 0.717) is 53.4 Å². The molecule has 1 aliphatic carbocycles. The number of fused-ring (bicyclic) bond motifs is 4. The van der Waals surface area contributed by atoms with E-state index in [1.165, 1.54) is 34.3 Å². The monoisotopic (exact) mass is 716 g/mol. The number of H-pyrrole nitrogens is 1. The van der Waals surface area contributed by atoms with Crippen LogP contribution in [0.25, 0.3) is 22.0 Å². The third kappa shape index (κ3) is 8.09. The normalized spacial score (nSPS) is 14.6. The lowest BCUT2D eigenvalue weighted by Crippen LogP contribution is -2.49. The minimum Gasteiger partial charge on any atom is -0.493 e. The highest BCUT2D eigenvalue weighted by molar-refractivity contribution is 7.98. The number of rotatable bonds is 14. The summed E-state index contributed by atoms with van der Waals surface area (Å²) in [6.07, 6.45) is 5.39. The molecule has 13 heteroatoms. The average Bonchev–Trinajstić information content (AvgIpc) is 3.39. The van der Waals surface area contributed by atoms with Gasteiger partial charge in [0.2, 0.25) is 23.0 Å². The van der Waals surface area contributed by atoms with Gasteiger partial charge in [0.05, 0.1) is 40.2 Å². The fraction of sp³-hybridized carbons (Fsp3) is 0.368. The van der Waals surface area contributed by atoms with E-state index >= 15 is 0 Å². The molecule has 2 amide bonds. The summed E-state index contributed by atoms with van der Waals surface area (Å²) >= 11 is 1.56. The highest BCUT2D eigenvalue weighted by Gasteiger charge is 2.31. The second-order valence-electron chi connectivity index (χ2n) is 12.2. The molecule has 0 spiro atoms. The smallest absolute Gasteiger partial charge is 0.328 e. The van der Waals surface area contributed by atoms with E-state index in [-0.39, 0.29) is 23.4 Å². The number of benzene rings is 2. The number of carbonyl (C=O) groups excluding carboxylic acids is 3. The summed E-state index contributed by atoms with van der Waals surface area (Å²) in [5.74, 6) is 0.668. The predicted octanol–water partition coefficient (Wildman–Crippen LogP) is 4.78. The number of aromatic nitrogens is 1. The van der Waals surface area contributed by atoms with Crippen LogP contribution in [-0.4, -0.2) is 75.3 Å². The van der Waals surface area contributed by atoms with Crippen LogP contribution in [-0.2, 0) is 32.0 Å². The Morgan fingerprint density at radius 1 is 0.980 bits per heavy atom. The molecule has 0 saturated carbocycles. The molecule has 270 valence electrons. The largest absolute Gasteiger partial charge is 0.493 e. The number of ether oxygens (including phenoxy) is 4. The Morgan fingerprint density at radius 3 is 2.43 bits per heavy atom. The van der Waals surface area contributed by atoms with Crippen LogP contribution < -0.4 is 35.6 Å². The summed E-state index contributed by atoms with van der Waals surface area (Å²) in [6.45, 7) is 1.44. The zero-order valence-electron chi connectivity index (χ0n) is 29.6. The van der Waals surface area contributed by atoms with Crippen LogP contribution >= 0.6 is 11.8 Å². The van der Waals surface area contributed by atoms with Crippen LogP contribution in [0.1, 0.15) is 42.5 Å². The van der Waals surface area contributed by atoms with Gasteiger partial charge in [0, 0.05) is 36.0 Å². The molecule has 4 N–H and O–H groups in total. The summed E-state index contributed by atoms with van der Waals surface area (Å²) in [7, 11) is 5.90. The first-order valence-corrected chi connectivity index (χ1v) is 18.0. The number of aromatic amines is 1. The number of esters is 1. The van der Waals surface area contributed by atoms with Crippen molar-refractivity contribution in [3.05, 3.63) is 81.6 Å². The number of thioether (sulfide) groups is 1. The lowest BCUT2D eigenvalue weighted by molar-refractivity contribution is -0.145. The Kier molecular flexibility index (Phi) is 12.1. The lowest BCUT2D eigenvalue weighted by atomic mass is 9.95. The zero-order chi connectivity index (χ0) is 36.7. The van der Waals surface area contributed by atoms with Crippen LogP contribution in [0, 0.1) is 0 Å². The van der Waals surface area contributed by atoms with Gasteiger partial charge in [-0.25, -0.2) is 4.79 Å². The molecule has 1 aliphatic rings. The van der Waals surface area contributed by atoms with E-state index in [1.54, 1.807) is 31.0 Å². The maximum atomic E-state index is 14.0. The van der Waals surface area contributed by atoms with Crippen molar-refractivity contribution in [2.24, 2.45) is 0 Å². The van der Waals surface area contributed by atoms with E-state index in [2.05, 4.69) is 20.9 Å². The highest BCUT2D eigenvalue weighted by atomic mass is 32.2. The molecule has 0 unspecified atom stereocenters. The summed E-state index contributed by atoms with van der Waals surface area (Å²) < 4.78 is 22.3. The molecule has 12 nitrogen and oxygen atoms in total. The number of anilines is 1. The third-order valence-electron chi connectivity index (χ3n) is 9.07. The topological polar surface area (TPSA) is 157 Å². The summed E-state index contributed by atoms with van der Waals surface area (Å²) in [5.41, 5.74) is 4.45. The fourth-order valence-electron chi connectivity index (χ4n) is 6.65. The van der Waals surface area contributed by atoms with Gasteiger partial charge in [-0.1, -0.05) is 24.3 Å². The van der Waals surface area contributed by atoms with Gasteiger partial charge in [0.1, 0.15) is 12.1 Å². The van der Waals surface area contributed by atoms with E-state index < -0.39 is 30.0 Å². The van der Waals surface area contributed by atoms with Gasteiger partial charge in [0.25, 0.3) is 0 Å². The molecule has 1 aromatic heterocycles. The van der Waals surface area contributed by atoms with E-state index in [1.807, 2.05) is 42.8 Å². The first-order chi connectivity index (χ1) is 24.6. The van der Waals surface area contributed by atoms with Crippen molar-refractivity contribution in [2.75, 3.05) is 45.8 Å². The van der Waals surface area contributed by atoms with E-state index in [0.717, 1.165) is 27.6 Å². The lowest BCUT2D eigenvalue weighted by Gasteiger charge is -2.22. The number of methoxy groups -OCH3 is 4. The number of aryl methyl sites for hydroxylation is 1. The van der Waals surface area contributed by atoms with Crippen LogP contribution in [0.5, 0.6) is 17.2 Å². The molecular formula is C38H44N4O8S. The highest BCUT2D eigenvalue weighted by Crippen LogP contribution is 2.50. The molecule has 3 atom stereocenters. The second-order valence-corrected chi connectivity index (χ2v) is 13.2. The Morgan fingerprint density at radius 2 is 1.75 bits per heavy atom. The van der Waals surface area contributed by atoms with Gasteiger partial charge < -0.3 is 39.9 Å². The Labute approximate surface area is 301 Å². The molecule has 0 radical (unpaired) electrons. The van der Waals surface area contributed by atoms with Crippen LogP contribution in [0.4, 0.5) is 5.69 Å². The van der Waals surface area contributed by atoms with Crippen LogP contribution in [0.2, 0.25) is 0 Å². The Bertz CT molecular complexity index is 1980. The minimum atomic E-state index is -0.968. The van der Waals surface area contributed by atoms with Crippen molar-refractivity contribution in [2.45, 2.75) is 50.7 Å². The number of para-hydroxylation sites is 1. The van der Waals surface area contributed by atoms with Gasteiger partial charge in [-0.15, -0.1) is 0 Å². The number of nitrogens with one attached hydrogen (secondary N) is 4. The zero-order valence-corrected chi connectivity index (χ0v) is 30.5. The standard InChI is InChI=1S/C38H44N4O8S/c1-21(43)40-28-13-11-22-18-33(47-2)35(48-3)36(49-4)34(22)25-12-14-29(32(44)19-26(25)28)41-30(15-16-51-6)37(45)42-31(38(46)50-5)17-23-20-39-27-10-8-7-9-24(23)27/h7-10,12,14,18-20,28,30-31,39H,11,13,15-17H2,1-6H3,(H,40,43)(H,41,44)(H,42,45)/t28-,30-,31-/m1/s1. The average molecular weight is 717 g/mol. The van der Waals surface area contributed by atoms with Crippen molar-refractivity contribution < 1.29 is 33.3 Å². The number of hydrogen-bond donors (Lipinski definition) is 4. The van der Waals surface area contributed by atoms with Gasteiger partial charge in [-0.2, -0.15) is 11.8 Å². The SMILES string of the molecule is COC(=O)[C@@H](Cc1c[nH]c2ccccc12)NC(=O)[C@@H](CCSC)Nc1ccc2c(cc1=O)[C@H](NC(C)=O)CCc1cc(OC)c(OC)c(OC)c1-2. The molecule has 4 aromatic rings. The summed E-state index contributed by atoms with van der Waals surface area (Å²) in [4.78, 5) is 56.4. The van der Waals surface area contributed by atoms with Crippen molar-refractivity contribution in [1.82, 2.24) is 15.6 Å². The first-order valence-electron chi connectivity index (χ1n) is 16.6. The molecule has 0 saturated heterocycles. The van der Waals surface area contributed by atoms with Gasteiger partial charge >= 0.3 is 5.97 Å². The Hall–Kier alpha value is -5.17. The maximum absolute atomic E-state index is 14.0. The molecule has 51 heavy (non-hydrogen) atoms. The number of amides is 2. The molecule has 0 bridgehead atoms. The minimum absolute atomic E-state index is 0.179. The van der Waals surface area contributed by atoms with E-state index in [4.69, 9.17) is 18.9 Å². The fourth-order valence-corrected chi connectivity index (χ4v) is 7.12. The van der Waals surface area contributed by atoms with Gasteiger partial charge in [-0.3, -0.25) is 14.4 Å². The summed E-state index contributed by atoms with van der Waals surface area (Å²) in [6, 6.07) is 12.2. The number of hydrogen-bond acceptors (Lipinski definition) is 10. The molecular weight excluding hydrogens is 673 g/mol. The van der Waals surface area contributed by atoms with Crippen molar-refractivity contribution in [1.29, 1.82) is 0 Å². The first kappa shape index (κ1) is 37.1. The van der Waals surface area contributed by atoms with Crippen molar-refractivity contribution >= 4 is 46.1 Å². The van der Waals surface area contributed by atoms with Crippen LogP contribution in [0.3, 0.4) is 0 Å². The molecule has 3 aromatic carbocycles. The molecule has 5 rings (SSSR count).